The molecule has 0 amide bonds. The van der Waals surface area contributed by atoms with Gasteiger partial charge in [0.05, 0.1) is 0 Å². The van der Waals surface area contributed by atoms with E-state index in [2.05, 4.69) is 39.9 Å². The molecule has 3 heteroatoms. The molecule has 1 aromatic rings. The molecular weight excluding hydrogens is 257 g/mol. The van der Waals surface area contributed by atoms with Crippen LogP contribution in [0.25, 0.3) is 0 Å². The van der Waals surface area contributed by atoms with E-state index < -0.39 is 0 Å². The molecule has 0 fully saturated rings. The van der Waals surface area contributed by atoms with E-state index in [9.17, 15) is 4.39 Å². The fourth-order valence-corrected chi connectivity index (χ4v) is 2.99. The van der Waals surface area contributed by atoms with E-state index in [4.69, 9.17) is 0 Å². The molecule has 0 bridgehead atoms. The molecule has 0 aliphatic rings. The Hall–Kier alpha value is -0.540. The van der Waals surface area contributed by atoms with E-state index >= 15 is 0 Å². The first-order valence-electron chi connectivity index (χ1n) is 7.15. The lowest BCUT2D eigenvalue weighted by atomic mass is 10.1. The summed E-state index contributed by atoms with van der Waals surface area (Å²) in [4.78, 5) is 0.805. The van der Waals surface area contributed by atoms with Crippen molar-refractivity contribution in [3.63, 3.8) is 0 Å². The Bertz CT molecular complexity index is 392. The van der Waals surface area contributed by atoms with Crippen LogP contribution < -0.4 is 5.32 Å². The molecule has 2 atom stereocenters. The molecule has 19 heavy (non-hydrogen) atoms. The molecule has 1 rings (SSSR count). The summed E-state index contributed by atoms with van der Waals surface area (Å²) < 4.78 is 14.1. The highest BCUT2D eigenvalue weighted by atomic mass is 32.2. The Morgan fingerprint density at radius 3 is 2.47 bits per heavy atom. The maximum Gasteiger partial charge on any atom is 0.137 e. The van der Waals surface area contributed by atoms with Gasteiger partial charge in [0.2, 0.25) is 0 Å². The first kappa shape index (κ1) is 16.5. The summed E-state index contributed by atoms with van der Waals surface area (Å²) in [6.45, 7) is 11.7. The number of thioether (sulfide) groups is 1. The lowest BCUT2D eigenvalue weighted by molar-refractivity contribution is 0.542. The molecule has 0 heterocycles. The maximum atomic E-state index is 14.1. The summed E-state index contributed by atoms with van der Waals surface area (Å²) in [5, 5.41) is 3.85. The minimum absolute atomic E-state index is 0.0971. The third-order valence-electron chi connectivity index (χ3n) is 3.41. The molecule has 0 radical (unpaired) electrons. The van der Waals surface area contributed by atoms with Gasteiger partial charge in [0.15, 0.2) is 0 Å². The minimum Gasteiger partial charge on any atom is -0.310 e. The zero-order valence-electron chi connectivity index (χ0n) is 12.7. The number of benzene rings is 1. The molecule has 0 aromatic heterocycles. The Morgan fingerprint density at radius 1 is 1.21 bits per heavy atom. The van der Waals surface area contributed by atoms with Gasteiger partial charge in [0.25, 0.3) is 0 Å². The third kappa shape index (κ3) is 4.81. The number of hydrogen-bond donors (Lipinski definition) is 1. The summed E-state index contributed by atoms with van der Waals surface area (Å²) in [5.41, 5.74) is 1.07. The number of halogens is 1. The van der Waals surface area contributed by atoms with Gasteiger partial charge in [0.1, 0.15) is 5.82 Å². The fraction of sp³-hybridized carbons (Fsp3) is 0.625. The average molecular weight is 283 g/mol. The van der Waals surface area contributed by atoms with Crippen molar-refractivity contribution in [3.8, 4) is 0 Å². The average Bonchev–Trinajstić information content (AvgIpc) is 2.37. The summed E-state index contributed by atoms with van der Waals surface area (Å²) in [5.74, 6) is 0.441. The maximum absolute atomic E-state index is 14.1. The van der Waals surface area contributed by atoms with Crippen LogP contribution in [0.3, 0.4) is 0 Å². The lowest BCUT2D eigenvalue weighted by Crippen LogP contribution is -2.20. The smallest absolute Gasteiger partial charge is 0.137 e. The molecule has 0 aliphatic carbocycles. The van der Waals surface area contributed by atoms with Crippen LogP contribution in [-0.4, -0.2) is 11.8 Å². The highest BCUT2D eigenvalue weighted by Crippen LogP contribution is 2.35. The second-order valence-corrected chi connectivity index (χ2v) is 6.79. The SMILES string of the molecule is CCCNC(C)c1cccc(F)c1SC(C)C(C)C. The van der Waals surface area contributed by atoms with E-state index in [1.54, 1.807) is 23.9 Å². The van der Waals surface area contributed by atoms with Crippen molar-refractivity contribution in [1.29, 1.82) is 0 Å². The highest BCUT2D eigenvalue weighted by Gasteiger charge is 2.18. The molecule has 0 saturated heterocycles. The van der Waals surface area contributed by atoms with E-state index in [0.717, 1.165) is 23.4 Å². The molecule has 0 saturated carbocycles. The van der Waals surface area contributed by atoms with E-state index in [1.807, 2.05) is 6.07 Å². The molecule has 1 nitrogen and oxygen atoms in total. The van der Waals surface area contributed by atoms with Crippen molar-refractivity contribution < 1.29 is 4.39 Å². The molecule has 1 N–H and O–H groups in total. The van der Waals surface area contributed by atoms with Gasteiger partial charge in [-0.25, -0.2) is 4.39 Å². The van der Waals surface area contributed by atoms with Crippen LogP contribution in [0.1, 0.15) is 52.6 Å². The molecule has 0 aliphatic heterocycles. The van der Waals surface area contributed by atoms with Crippen LogP contribution in [0, 0.1) is 11.7 Å². The number of rotatable bonds is 7. The normalized spacial score (nSPS) is 14.7. The Balaban J connectivity index is 2.94. The zero-order chi connectivity index (χ0) is 14.4. The van der Waals surface area contributed by atoms with Crippen molar-refractivity contribution in [2.45, 2.75) is 57.2 Å². The van der Waals surface area contributed by atoms with E-state index in [1.165, 1.54) is 0 Å². The predicted molar refractivity (Wildman–Crippen MR) is 83.3 cm³/mol. The van der Waals surface area contributed by atoms with Gasteiger partial charge in [-0.05, 0) is 37.4 Å². The molecule has 108 valence electrons. The summed E-state index contributed by atoms with van der Waals surface area (Å²) in [6.07, 6.45) is 1.09. The Morgan fingerprint density at radius 2 is 1.89 bits per heavy atom. The second-order valence-electron chi connectivity index (χ2n) is 5.40. The summed E-state index contributed by atoms with van der Waals surface area (Å²) in [7, 11) is 0. The van der Waals surface area contributed by atoms with E-state index in [0.29, 0.717) is 11.2 Å². The van der Waals surface area contributed by atoms with Gasteiger partial charge in [-0.15, -0.1) is 11.8 Å². The zero-order valence-corrected chi connectivity index (χ0v) is 13.5. The topological polar surface area (TPSA) is 12.0 Å². The Labute approximate surface area is 121 Å². The van der Waals surface area contributed by atoms with Crippen molar-refractivity contribution in [2.75, 3.05) is 6.54 Å². The van der Waals surface area contributed by atoms with Crippen LogP contribution in [-0.2, 0) is 0 Å². The quantitative estimate of drug-likeness (QED) is 0.705. The molecule has 2 unspecified atom stereocenters. The van der Waals surface area contributed by atoms with Crippen molar-refractivity contribution >= 4 is 11.8 Å². The Kier molecular flexibility index (Phi) is 6.87. The fourth-order valence-electron chi connectivity index (χ4n) is 1.78. The van der Waals surface area contributed by atoms with Crippen molar-refractivity contribution in [3.05, 3.63) is 29.6 Å². The first-order chi connectivity index (χ1) is 8.97. The predicted octanol–water partition coefficient (Wildman–Crippen LogP) is 5.02. The van der Waals surface area contributed by atoms with Gasteiger partial charge < -0.3 is 5.32 Å². The van der Waals surface area contributed by atoms with Crippen LogP contribution in [0.5, 0.6) is 0 Å². The van der Waals surface area contributed by atoms with Crippen LogP contribution in [0.4, 0.5) is 4.39 Å². The van der Waals surface area contributed by atoms with Crippen LogP contribution in [0.15, 0.2) is 23.1 Å². The van der Waals surface area contributed by atoms with Crippen LogP contribution in [0.2, 0.25) is 0 Å². The molecule has 0 spiro atoms. The number of hydrogen-bond acceptors (Lipinski definition) is 2. The van der Waals surface area contributed by atoms with Crippen molar-refractivity contribution in [2.24, 2.45) is 5.92 Å². The molecular formula is C16H26FNS. The van der Waals surface area contributed by atoms with Gasteiger partial charge in [-0.2, -0.15) is 0 Å². The van der Waals surface area contributed by atoms with E-state index in [-0.39, 0.29) is 11.9 Å². The van der Waals surface area contributed by atoms with Gasteiger partial charge in [-0.1, -0.05) is 39.8 Å². The molecule has 1 aromatic carbocycles. The highest BCUT2D eigenvalue weighted by molar-refractivity contribution is 8.00. The van der Waals surface area contributed by atoms with Crippen LogP contribution >= 0.6 is 11.8 Å². The standard InChI is InChI=1S/C16H26FNS/c1-6-10-18-12(4)14-8-7-9-15(17)16(14)19-13(5)11(2)3/h7-9,11-13,18H,6,10H2,1-5H3. The lowest BCUT2D eigenvalue weighted by Gasteiger charge is -2.21. The monoisotopic (exact) mass is 283 g/mol. The van der Waals surface area contributed by atoms with Gasteiger partial charge >= 0.3 is 0 Å². The third-order valence-corrected chi connectivity index (χ3v) is 4.99. The summed E-state index contributed by atoms with van der Waals surface area (Å²) >= 11 is 1.65. The number of nitrogens with one attached hydrogen (secondary N) is 1. The summed E-state index contributed by atoms with van der Waals surface area (Å²) in [6, 6.07) is 5.59. The second kappa shape index (κ2) is 7.91. The van der Waals surface area contributed by atoms with Gasteiger partial charge in [0, 0.05) is 16.2 Å². The van der Waals surface area contributed by atoms with Gasteiger partial charge in [-0.3, -0.25) is 0 Å². The van der Waals surface area contributed by atoms with Crippen molar-refractivity contribution in [1.82, 2.24) is 5.32 Å². The minimum atomic E-state index is -0.0971. The largest absolute Gasteiger partial charge is 0.310 e. The first-order valence-corrected chi connectivity index (χ1v) is 8.03.